The smallest absolute Gasteiger partial charge is 0.372 e. The normalized spacial score (nSPS) is 18.5. The number of aromatic nitrogens is 2. The highest BCUT2D eigenvalue weighted by atomic mass is 32.1. The number of fused-ring (bicyclic) bond motifs is 1. The molecule has 7 nitrogen and oxygen atoms in total. The Hall–Kier alpha value is -2.45. The molecule has 1 N–H and O–H groups in total. The highest BCUT2D eigenvalue weighted by molar-refractivity contribution is 7.15. The van der Waals surface area contributed by atoms with Gasteiger partial charge in [0.25, 0.3) is 4.96 Å². The van der Waals surface area contributed by atoms with Crippen molar-refractivity contribution in [2.45, 2.75) is 18.9 Å². The fourth-order valence-electron chi connectivity index (χ4n) is 3.28. The van der Waals surface area contributed by atoms with E-state index in [1.807, 2.05) is 30.3 Å². The second-order valence-electron chi connectivity index (χ2n) is 6.17. The Kier molecular flexibility index (Phi) is 4.37. The number of nitro groups is 1. The van der Waals surface area contributed by atoms with E-state index in [1.165, 1.54) is 15.7 Å². The third-order valence-electron chi connectivity index (χ3n) is 4.52. The van der Waals surface area contributed by atoms with Crippen molar-refractivity contribution in [3.8, 4) is 0 Å². The summed E-state index contributed by atoms with van der Waals surface area (Å²) in [6.07, 6.45) is 3.55. The molecule has 25 heavy (non-hydrogen) atoms. The molecular weight excluding hydrogens is 340 g/mol. The maximum Gasteiger partial charge on any atom is 0.372 e. The standard InChI is InChI=1S/C17H18N4O3S/c22-21(23)16-15(19-17-20(16)7-9-25-17)18-14(10-12-6-8-24-11-12)13-4-2-1-3-5-13/h1-5,7,9,12,14,18H,6,8,10-11H2. The monoisotopic (exact) mass is 358 g/mol. The predicted octanol–water partition coefficient (Wildman–Crippen LogP) is 3.88. The molecule has 2 atom stereocenters. The molecule has 0 radical (unpaired) electrons. The quantitative estimate of drug-likeness (QED) is 0.534. The van der Waals surface area contributed by atoms with E-state index in [1.54, 1.807) is 11.6 Å². The van der Waals surface area contributed by atoms with E-state index in [2.05, 4.69) is 10.3 Å². The molecule has 1 aliphatic heterocycles. The Bertz CT molecular complexity index is 871. The number of nitrogens with zero attached hydrogens (tertiary/aromatic N) is 3. The van der Waals surface area contributed by atoms with Crippen molar-refractivity contribution in [2.24, 2.45) is 5.92 Å². The van der Waals surface area contributed by atoms with Crippen LogP contribution in [0, 0.1) is 16.0 Å². The molecule has 1 fully saturated rings. The van der Waals surface area contributed by atoms with E-state index >= 15 is 0 Å². The minimum atomic E-state index is -0.379. The van der Waals surface area contributed by atoms with Gasteiger partial charge in [-0.3, -0.25) is 0 Å². The molecular formula is C17H18N4O3S. The van der Waals surface area contributed by atoms with Gasteiger partial charge in [-0.1, -0.05) is 41.7 Å². The molecule has 4 rings (SSSR count). The van der Waals surface area contributed by atoms with Gasteiger partial charge in [0.1, 0.15) is 6.20 Å². The number of imidazole rings is 1. The summed E-state index contributed by atoms with van der Waals surface area (Å²) in [5.41, 5.74) is 1.10. The lowest BCUT2D eigenvalue weighted by Gasteiger charge is -2.21. The van der Waals surface area contributed by atoms with Crippen LogP contribution >= 0.6 is 11.3 Å². The number of hydrogen-bond donors (Lipinski definition) is 1. The lowest BCUT2D eigenvalue weighted by Crippen LogP contribution is -2.17. The number of benzene rings is 1. The third kappa shape index (κ3) is 3.22. The molecule has 130 valence electrons. The van der Waals surface area contributed by atoms with Crippen LogP contribution in [-0.4, -0.2) is 27.5 Å². The molecule has 3 aromatic rings. The Morgan fingerprint density at radius 2 is 2.28 bits per heavy atom. The van der Waals surface area contributed by atoms with Crippen LogP contribution in [0.3, 0.4) is 0 Å². The summed E-state index contributed by atoms with van der Waals surface area (Å²) in [7, 11) is 0. The van der Waals surface area contributed by atoms with Crippen LogP contribution < -0.4 is 5.32 Å². The summed E-state index contributed by atoms with van der Waals surface area (Å²) in [5, 5.41) is 16.7. The van der Waals surface area contributed by atoms with E-state index < -0.39 is 0 Å². The second-order valence-corrected chi connectivity index (χ2v) is 7.04. The van der Waals surface area contributed by atoms with Gasteiger partial charge in [-0.15, -0.1) is 0 Å². The molecule has 2 aromatic heterocycles. The van der Waals surface area contributed by atoms with Gasteiger partial charge < -0.3 is 20.2 Å². The number of hydrogen-bond acceptors (Lipinski definition) is 6. The first-order valence-corrected chi connectivity index (χ1v) is 9.09. The van der Waals surface area contributed by atoms with Gasteiger partial charge in [0.05, 0.1) is 6.04 Å². The molecule has 0 saturated carbocycles. The van der Waals surface area contributed by atoms with Gasteiger partial charge in [0.2, 0.25) is 5.82 Å². The number of rotatable bonds is 6. The zero-order valence-electron chi connectivity index (χ0n) is 13.5. The molecule has 0 bridgehead atoms. The molecule has 2 unspecified atom stereocenters. The van der Waals surface area contributed by atoms with Crippen LogP contribution in [0.15, 0.2) is 41.9 Å². The van der Waals surface area contributed by atoms with Crippen LogP contribution in [0.25, 0.3) is 4.96 Å². The Labute approximate surface area is 148 Å². The molecule has 1 saturated heterocycles. The Morgan fingerprint density at radius 3 is 3.00 bits per heavy atom. The molecule has 3 heterocycles. The molecule has 1 aliphatic rings. The molecule has 0 aliphatic carbocycles. The lowest BCUT2D eigenvalue weighted by atomic mass is 9.94. The van der Waals surface area contributed by atoms with Crippen molar-refractivity contribution in [1.29, 1.82) is 0 Å². The Balaban J connectivity index is 1.67. The zero-order valence-corrected chi connectivity index (χ0v) is 14.3. The first-order valence-electron chi connectivity index (χ1n) is 8.21. The lowest BCUT2D eigenvalue weighted by molar-refractivity contribution is -0.389. The topological polar surface area (TPSA) is 81.7 Å². The highest BCUT2D eigenvalue weighted by Gasteiger charge is 2.28. The van der Waals surface area contributed by atoms with E-state index in [0.29, 0.717) is 16.7 Å². The minimum absolute atomic E-state index is 0.0140. The van der Waals surface area contributed by atoms with Crippen LogP contribution in [0.1, 0.15) is 24.4 Å². The van der Waals surface area contributed by atoms with Crippen molar-refractivity contribution in [3.63, 3.8) is 0 Å². The molecule has 1 aromatic carbocycles. The first kappa shape index (κ1) is 16.0. The van der Waals surface area contributed by atoms with E-state index in [-0.39, 0.29) is 16.8 Å². The van der Waals surface area contributed by atoms with Crippen LogP contribution in [0.4, 0.5) is 11.6 Å². The van der Waals surface area contributed by atoms with Crippen molar-refractivity contribution in [1.82, 2.24) is 9.38 Å². The van der Waals surface area contributed by atoms with Crippen molar-refractivity contribution in [2.75, 3.05) is 18.5 Å². The van der Waals surface area contributed by atoms with Gasteiger partial charge in [0.15, 0.2) is 0 Å². The third-order valence-corrected chi connectivity index (χ3v) is 5.27. The number of nitrogens with one attached hydrogen (secondary N) is 1. The summed E-state index contributed by atoms with van der Waals surface area (Å²) in [6, 6.07) is 9.96. The average molecular weight is 358 g/mol. The summed E-state index contributed by atoms with van der Waals surface area (Å²) < 4.78 is 7.01. The van der Waals surface area contributed by atoms with Crippen molar-refractivity contribution < 1.29 is 9.66 Å². The van der Waals surface area contributed by atoms with Crippen molar-refractivity contribution >= 4 is 27.9 Å². The van der Waals surface area contributed by atoms with Crippen molar-refractivity contribution in [3.05, 3.63) is 57.6 Å². The fourth-order valence-corrected chi connectivity index (χ4v) is 3.99. The summed E-state index contributed by atoms with van der Waals surface area (Å²) >= 11 is 1.38. The molecule has 0 spiro atoms. The summed E-state index contributed by atoms with van der Waals surface area (Å²) in [5.74, 6) is 0.755. The highest BCUT2D eigenvalue weighted by Crippen LogP contribution is 2.34. The van der Waals surface area contributed by atoms with Gasteiger partial charge in [-0.05, 0) is 29.2 Å². The first-order chi connectivity index (χ1) is 12.2. The molecule has 8 heteroatoms. The Morgan fingerprint density at radius 1 is 1.44 bits per heavy atom. The second kappa shape index (κ2) is 6.81. The summed E-state index contributed by atoms with van der Waals surface area (Å²) in [4.78, 5) is 16.2. The summed E-state index contributed by atoms with van der Waals surface area (Å²) in [6.45, 7) is 1.53. The van der Waals surface area contributed by atoms with E-state index in [0.717, 1.165) is 31.6 Å². The van der Waals surface area contributed by atoms with E-state index in [9.17, 15) is 10.1 Å². The van der Waals surface area contributed by atoms with Gasteiger partial charge in [-0.25, -0.2) is 0 Å². The average Bonchev–Trinajstić information content (AvgIpc) is 3.31. The molecule has 0 amide bonds. The van der Waals surface area contributed by atoms with Crippen LogP contribution in [0.5, 0.6) is 0 Å². The maximum atomic E-state index is 11.5. The SMILES string of the molecule is O=[N+]([O-])c1c(NC(CC2CCOC2)c2ccccc2)nc2sccn12. The maximum absolute atomic E-state index is 11.5. The zero-order chi connectivity index (χ0) is 17.2. The van der Waals surface area contributed by atoms with E-state index in [4.69, 9.17) is 4.74 Å². The van der Waals surface area contributed by atoms with Gasteiger partial charge in [-0.2, -0.15) is 9.38 Å². The largest absolute Gasteiger partial charge is 0.381 e. The van der Waals surface area contributed by atoms with Gasteiger partial charge >= 0.3 is 5.82 Å². The predicted molar refractivity (Wildman–Crippen MR) is 96.1 cm³/mol. The number of thiazole rings is 1. The van der Waals surface area contributed by atoms with Gasteiger partial charge in [0, 0.05) is 18.6 Å². The fraction of sp³-hybridized carbons (Fsp3) is 0.353. The minimum Gasteiger partial charge on any atom is -0.381 e. The van der Waals surface area contributed by atoms with Crippen LogP contribution in [-0.2, 0) is 4.74 Å². The number of ether oxygens (including phenoxy) is 1. The van der Waals surface area contributed by atoms with Crippen LogP contribution in [0.2, 0.25) is 0 Å². The number of anilines is 1.